The number of carbonyl (C=O) groups is 1. The summed E-state index contributed by atoms with van der Waals surface area (Å²) >= 11 is 0. The third-order valence-corrected chi connectivity index (χ3v) is 2.94. The smallest absolute Gasteiger partial charge is 0.239 e. The molecule has 1 heterocycles. The summed E-state index contributed by atoms with van der Waals surface area (Å²) in [7, 11) is 4.19. The van der Waals surface area contributed by atoms with Gasteiger partial charge in [0.05, 0.1) is 6.04 Å². The van der Waals surface area contributed by atoms with E-state index in [9.17, 15) is 4.79 Å². The van der Waals surface area contributed by atoms with Gasteiger partial charge in [-0.15, -0.1) is 24.8 Å². The van der Waals surface area contributed by atoms with E-state index in [1.807, 2.05) is 4.90 Å². The lowest BCUT2D eigenvalue weighted by Crippen LogP contribution is -2.46. The number of halogens is 2. The average Bonchev–Trinajstić information content (AvgIpc) is 2.17. The molecule has 6 heteroatoms. The van der Waals surface area contributed by atoms with E-state index < -0.39 is 0 Å². The maximum Gasteiger partial charge on any atom is 0.239 e. The number of carbonyl (C=O) groups excluding carboxylic acids is 1. The highest BCUT2D eigenvalue weighted by molar-refractivity contribution is 5.85. The van der Waals surface area contributed by atoms with Crippen LogP contribution in [0.5, 0.6) is 0 Å². The topological polar surface area (TPSA) is 49.6 Å². The van der Waals surface area contributed by atoms with Crippen LogP contribution >= 0.6 is 24.8 Å². The van der Waals surface area contributed by atoms with Crippen LogP contribution in [-0.2, 0) is 4.79 Å². The minimum atomic E-state index is -0.351. The third kappa shape index (κ3) is 6.46. The van der Waals surface area contributed by atoms with Gasteiger partial charge in [-0.2, -0.15) is 0 Å². The van der Waals surface area contributed by atoms with Gasteiger partial charge in [0.1, 0.15) is 0 Å². The number of rotatable bonds is 3. The van der Waals surface area contributed by atoms with Crippen LogP contribution in [0.1, 0.15) is 19.8 Å². The van der Waals surface area contributed by atoms with Gasteiger partial charge in [-0.3, -0.25) is 4.79 Å². The maximum absolute atomic E-state index is 11.6. The van der Waals surface area contributed by atoms with Gasteiger partial charge in [0.15, 0.2) is 0 Å². The van der Waals surface area contributed by atoms with Crippen LogP contribution in [0.3, 0.4) is 0 Å². The lowest BCUT2D eigenvalue weighted by Gasteiger charge is -2.34. The standard InChI is InChI=1S/C11H23N3O.2ClH/c1-9(12)11(15)14-6-4-10(5-7-14)8-13(2)3;;/h9-10H,4-8,12H2,1-3H3;2*1H/t9-;;/m0../s1. The number of amides is 1. The normalized spacial score (nSPS) is 18.3. The molecule has 1 amide bonds. The van der Waals surface area contributed by atoms with Crippen molar-refractivity contribution >= 4 is 30.7 Å². The highest BCUT2D eigenvalue weighted by Gasteiger charge is 2.24. The van der Waals surface area contributed by atoms with Crippen molar-refractivity contribution < 1.29 is 4.79 Å². The summed E-state index contributed by atoms with van der Waals surface area (Å²) in [4.78, 5) is 15.7. The van der Waals surface area contributed by atoms with Crippen LogP contribution in [0.15, 0.2) is 0 Å². The molecule has 1 aliphatic rings. The van der Waals surface area contributed by atoms with Crippen LogP contribution in [0.25, 0.3) is 0 Å². The van der Waals surface area contributed by atoms with E-state index >= 15 is 0 Å². The predicted molar refractivity (Wildman–Crippen MR) is 76.0 cm³/mol. The first-order valence-electron chi connectivity index (χ1n) is 5.69. The molecule has 0 aromatic rings. The SMILES string of the molecule is C[C@H](N)C(=O)N1CCC(CN(C)C)CC1.Cl.Cl. The molecule has 17 heavy (non-hydrogen) atoms. The van der Waals surface area contributed by atoms with E-state index in [1.54, 1.807) is 6.92 Å². The van der Waals surface area contributed by atoms with Crippen molar-refractivity contribution in [1.82, 2.24) is 9.80 Å². The van der Waals surface area contributed by atoms with Gasteiger partial charge < -0.3 is 15.5 Å². The zero-order valence-electron chi connectivity index (χ0n) is 10.9. The first kappa shape index (κ1) is 19.3. The number of nitrogens with two attached hydrogens (primary N) is 1. The molecule has 0 aromatic carbocycles. The van der Waals surface area contributed by atoms with Gasteiger partial charge in [0.25, 0.3) is 0 Å². The number of piperidine rings is 1. The molecule has 0 spiro atoms. The largest absolute Gasteiger partial charge is 0.341 e. The first-order chi connectivity index (χ1) is 7.00. The highest BCUT2D eigenvalue weighted by atomic mass is 35.5. The molecule has 0 aliphatic carbocycles. The molecular formula is C11H25Cl2N3O. The molecular weight excluding hydrogens is 261 g/mol. The fraction of sp³-hybridized carbons (Fsp3) is 0.909. The summed E-state index contributed by atoms with van der Waals surface area (Å²) in [6, 6.07) is -0.351. The van der Waals surface area contributed by atoms with E-state index in [4.69, 9.17) is 5.73 Å². The van der Waals surface area contributed by atoms with E-state index in [-0.39, 0.29) is 36.8 Å². The Labute approximate surface area is 117 Å². The molecule has 1 rings (SSSR count). The fourth-order valence-corrected chi connectivity index (χ4v) is 2.14. The Kier molecular flexibility index (Phi) is 10.2. The minimum absolute atomic E-state index is 0. The highest BCUT2D eigenvalue weighted by Crippen LogP contribution is 2.17. The van der Waals surface area contributed by atoms with Crippen molar-refractivity contribution in [2.45, 2.75) is 25.8 Å². The summed E-state index contributed by atoms with van der Waals surface area (Å²) in [6.07, 6.45) is 2.22. The summed E-state index contributed by atoms with van der Waals surface area (Å²) in [5, 5.41) is 0. The Morgan fingerprint density at radius 1 is 1.35 bits per heavy atom. The van der Waals surface area contributed by atoms with Gasteiger partial charge in [-0.05, 0) is 39.8 Å². The number of hydrogen-bond acceptors (Lipinski definition) is 3. The van der Waals surface area contributed by atoms with Crippen molar-refractivity contribution in [1.29, 1.82) is 0 Å². The molecule has 104 valence electrons. The zero-order valence-corrected chi connectivity index (χ0v) is 12.5. The van der Waals surface area contributed by atoms with Crippen molar-refractivity contribution in [3.05, 3.63) is 0 Å². The fourth-order valence-electron chi connectivity index (χ4n) is 2.14. The summed E-state index contributed by atoms with van der Waals surface area (Å²) in [5.74, 6) is 0.829. The Morgan fingerprint density at radius 2 is 1.82 bits per heavy atom. The molecule has 0 aromatic heterocycles. The molecule has 0 unspecified atom stereocenters. The second-order valence-electron chi connectivity index (χ2n) is 4.82. The summed E-state index contributed by atoms with van der Waals surface area (Å²) < 4.78 is 0. The summed E-state index contributed by atoms with van der Waals surface area (Å²) in [5.41, 5.74) is 5.58. The van der Waals surface area contributed by atoms with Crippen molar-refractivity contribution in [2.75, 3.05) is 33.7 Å². The van der Waals surface area contributed by atoms with Crippen LogP contribution in [0.4, 0.5) is 0 Å². The van der Waals surface area contributed by atoms with Gasteiger partial charge in [-0.25, -0.2) is 0 Å². The molecule has 1 atom stereocenters. The van der Waals surface area contributed by atoms with Crippen molar-refractivity contribution in [3.8, 4) is 0 Å². The molecule has 0 radical (unpaired) electrons. The summed E-state index contributed by atoms with van der Waals surface area (Å²) in [6.45, 7) is 4.63. The number of nitrogens with zero attached hydrogens (tertiary/aromatic N) is 2. The average molecular weight is 286 g/mol. The van der Waals surface area contributed by atoms with Gasteiger partial charge >= 0.3 is 0 Å². The van der Waals surface area contributed by atoms with E-state index in [0.717, 1.165) is 38.4 Å². The Morgan fingerprint density at radius 3 is 2.18 bits per heavy atom. The molecule has 0 bridgehead atoms. The van der Waals surface area contributed by atoms with Crippen LogP contribution in [0, 0.1) is 5.92 Å². The predicted octanol–water partition coefficient (Wildman–Crippen LogP) is 0.977. The van der Waals surface area contributed by atoms with Crippen molar-refractivity contribution in [3.63, 3.8) is 0 Å². The lowest BCUT2D eigenvalue weighted by atomic mass is 9.96. The molecule has 1 saturated heterocycles. The molecule has 0 saturated carbocycles. The number of hydrogen-bond donors (Lipinski definition) is 1. The van der Waals surface area contributed by atoms with Crippen LogP contribution in [-0.4, -0.2) is 55.5 Å². The molecule has 2 N–H and O–H groups in total. The second-order valence-corrected chi connectivity index (χ2v) is 4.82. The van der Waals surface area contributed by atoms with E-state index in [2.05, 4.69) is 19.0 Å². The van der Waals surface area contributed by atoms with Gasteiger partial charge in [0.2, 0.25) is 5.91 Å². The lowest BCUT2D eigenvalue weighted by molar-refractivity contribution is -0.133. The molecule has 1 aliphatic heterocycles. The molecule has 1 fully saturated rings. The Hall–Kier alpha value is -0.0300. The maximum atomic E-state index is 11.6. The van der Waals surface area contributed by atoms with Crippen molar-refractivity contribution in [2.24, 2.45) is 11.7 Å². The molecule has 4 nitrogen and oxygen atoms in total. The van der Waals surface area contributed by atoms with Crippen LogP contribution < -0.4 is 5.73 Å². The number of likely N-dealkylation sites (tertiary alicyclic amines) is 1. The first-order valence-corrected chi connectivity index (χ1v) is 5.69. The quantitative estimate of drug-likeness (QED) is 0.841. The van der Waals surface area contributed by atoms with Gasteiger partial charge in [-0.1, -0.05) is 0 Å². The Bertz CT molecular complexity index is 217. The van der Waals surface area contributed by atoms with Gasteiger partial charge in [0, 0.05) is 19.6 Å². The van der Waals surface area contributed by atoms with Crippen LogP contribution in [0.2, 0.25) is 0 Å². The Balaban J connectivity index is 0. The van der Waals surface area contributed by atoms with E-state index in [0.29, 0.717) is 0 Å². The van der Waals surface area contributed by atoms with E-state index in [1.165, 1.54) is 0 Å². The monoisotopic (exact) mass is 285 g/mol. The second kappa shape index (κ2) is 8.97. The third-order valence-electron chi connectivity index (χ3n) is 2.94. The minimum Gasteiger partial charge on any atom is -0.341 e. The zero-order chi connectivity index (χ0) is 11.4.